The third kappa shape index (κ3) is 2.75. The molecule has 0 aliphatic heterocycles. The van der Waals surface area contributed by atoms with Crippen LogP contribution in [0.1, 0.15) is 4.88 Å². The van der Waals surface area contributed by atoms with Gasteiger partial charge in [-0.3, -0.25) is 9.36 Å². The van der Waals surface area contributed by atoms with Crippen LogP contribution in [0.3, 0.4) is 0 Å². The van der Waals surface area contributed by atoms with Crippen molar-refractivity contribution in [3.63, 3.8) is 0 Å². The summed E-state index contributed by atoms with van der Waals surface area (Å²) < 4.78 is 1.54. The molecule has 0 aliphatic rings. The molecule has 114 valence electrons. The fourth-order valence-corrected chi connectivity index (χ4v) is 3.21. The number of hydrogen-bond acceptors (Lipinski definition) is 5. The standard InChI is InChI=1S/C16H17N3O2S/c1-18(11-12-5-4-10-22-12)16-17-14-7-3-2-6-13(14)15(21)19(16)8-9-20/h2-7,10,20H,8-9,11H2,1H3. The van der Waals surface area contributed by atoms with Crippen LogP contribution in [0.5, 0.6) is 0 Å². The van der Waals surface area contributed by atoms with Crippen molar-refractivity contribution in [1.82, 2.24) is 9.55 Å². The Balaban J connectivity index is 2.10. The lowest BCUT2D eigenvalue weighted by Crippen LogP contribution is -2.31. The predicted octanol–water partition coefficient (Wildman–Crippen LogP) is 2.09. The molecule has 0 amide bonds. The highest BCUT2D eigenvalue weighted by molar-refractivity contribution is 7.09. The fraction of sp³-hybridized carbons (Fsp3) is 0.250. The normalized spacial score (nSPS) is 11.0. The maximum Gasteiger partial charge on any atom is 0.262 e. The van der Waals surface area contributed by atoms with Gasteiger partial charge in [0.05, 0.1) is 30.6 Å². The van der Waals surface area contributed by atoms with Crippen molar-refractivity contribution in [3.8, 4) is 0 Å². The first-order valence-electron chi connectivity index (χ1n) is 7.04. The van der Waals surface area contributed by atoms with E-state index in [-0.39, 0.29) is 18.7 Å². The van der Waals surface area contributed by atoms with Gasteiger partial charge in [-0.2, -0.15) is 0 Å². The molecule has 0 atom stereocenters. The minimum absolute atomic E-state index is 0.0975. The van der Waals surface area contributed by atoms with E-state index in [1.54, 1.807) is 17.4 Å². The Morgan fingerprint density at radius 3 is 2.82 bits per heavy atom. The Morgan fingerprint density at radius 1 is 1.27 bits per heavy atom. The summed E-state index contributed by atoms with van der Waals surface area (Å²) in [6, 6.07) is 11.3. The zero-order valence-electron chi connectivity index (χ0n) is 12.3. The molecule has 3 aromatic rings. The number of anilines is 1. The third-order valence-corrected chi connectivity index (χ3v) is 4.34. The molecule has 2 aromatic heterocycles. The highest BCUT2D eigenvalue weighted by atomic mass is 32.1. The molecule has 1 N–H and O–H groups in total. The monoisotopic (exact) mass is 315 g/mol. The molecule has 1 aromatic carbocycles. The summed E-state index contributed by atoms with van der Waals surface area (Å²) in [5.41, 5.74) is 0.558. The Bertz CT molecular complexity index is 827. The van der Waals surface area contributed by atoms with Crippen molar-refractivity contribution in [1.29, 1.82) is 0 Å². The summed E-state index contributed by atoms with van der Waals surface area (Å²) in [7, 11) is 1.91. The van der Waals surface area contributed by atoms with Crippen molar-refractivity contribution in [2.75, 3.05) is 18.6 Å². The van der Waals surface area contributed by atoms with Gasteiger partial charge in [-0.25, -0.2) is 4.98 Å². The molecular weight excluding hydrogens is 298 g/mol. The van der Waals surface area contributed by atoms with E-state index in [1.165, 1.54) is 9.44 Å². The summed E-state index contributed by atoms with van der Waals surface area (Å²) in [5, 5.41) is 11.9. The van der Waals surface area contributed by atoms with Crippen LogP contribution in [0.15, 0.2) is 46.6 Å². The van der Waals surface area contributed by atoms with Gasteiger partial charge in [-0.05, 0) is 23.6 Å². The molecule has 0 saturated carbocycles. The first-order valence-corrected chi connectivity index (χ1v) is 7.92. The smallest absolute Gasteiger partial charge is 0.262 e. The number of aromatic nitrogens is 2. The van der Waals surface area contributed by atoms with E-state index in [2.05, 4.69) is 11.1 Å². The van der Waals surface area contributed by atoms with Gasteiger partial charge in [0.2, 0.25) is 5.95 Å². The summed E-state index contributed by atoms with van der Waals surface area (Å²) in [5.74, 6) is 0.575. The zero-order chi connectivity index (χ0) is 15.5. The highest BCUT2D eigenvalue weighted by Gasteiger charge is 2.14. The molecule has 0 unspecified atom stereocenters. The maximum atomic E-state index is 12.6. The molecule has 0 aliphatic carbocycles. The molecule has 22 heavy (non-hydrogen) atoms. The van der Waals surface area contributed by atoms with Gasteiger partial charge in [0.1, 0.15) is 0 Å². The summed E-state index contributed by atoms with van der Waals surface area (Å²) >= 11 is 1.67. The Kier molecular flexibility index (Phi) is 4.22. The number of hydrogen-bond donors (Lipinski definition) is 1. The largest absolute Gasteiger partial charge is 0.395 e. The van der Waals surface area contributed by atoms with Crippen molar-refractivity contribution in [2.45, 2.75) is 13.1 Å². The van der Waals surface area contributed by atoms with E-state index in [0.717, 1.165) is 0 Å². The molecule has 0 bridgehead atoms. The maximum absolute atomic E-state index is 12.6. The average Bonchev–Trinajstić information content (AvgIpc) is 3.03. The second-order valence-corrected chi connectivity index (χ2v) is 6.08. The van der Waals surface area contributed by atoms with Gasteiger partial charge in [0, 0.05) is 11.9 Å². The minimum atomic E-state index is -0.118. The topological polar surface area (TPSA) is 58.4 Å². The Morgan fingerprint density at radius 2 is 2.09 bits per heavy atom. The van der Waals surface area contributed by atoms with Gasteiger partial charge in [0.15, 0.2) is 0 Å². The van der Waals surface area contributed by atoms with Crippen molar-refractivity contribution >= 4 is 28.2 Å². The van der Waals surface area contributed by atoms with Crippen LogP contribution in [0.4, 0.5) is 5.95 Å². The quantitative estimate of drug-likeness (QED) is 0.783. The molecule has 0 fully saturated rings. The molecule has 3 rings (SSSR count). The molecular formula is C16H17N3O2S. The number of rotatable bonds is 5. The predicted molar refractivity (Wildman–Crippen MR) is 89.5 cm³/mol. The summed E-state index contributed by atoms with van der Waals surface area (Å²) in [6.45, 7) is 0.814. The Labute approximate surface area is 132 Å². The number of aliphatic hydroxyl groups is 1. The van der Waals surface area contributed by atoms with Crippen molar-refractivity contribution in [2.24, 2.45) is 0 Å². The third-order valence-electron chi connectivity index (χ3n) is 3.48. The van der Waals surface area contributed by atoms with E-state index < -0.39 is 0 Å². The molecule has 6 heteroatoms. The van der Waals surface area contributed by atoms with E-state index in [1.807, 2.05) is 41.6 Å². The number of fused-ring (bicyclic) bond motifs is 1. The lowest BCUT2D eigenvalue weighted by atomic mass is 10.2. The lowest BCUT2D eigenvalue weighted by molar-refractivity contribution is 0.274. The van der Waals surface area contributed by atoms with Crippen LogP contribution in [0.2, 0.25) is 0 Å². The van der Waals surface area contributed by atoms with Crippen LogP contribution in [0, 0.1) is 0 Å². The van der Waals surface area contributed by atoms with E-state index in [4.69, 9.17) is 0 Å². The number of thiophene rings is 1. The summed E-state index contributed by atoms with van der Waals surface area (Å²) in [4.78, 5) is 20.4. The Hall–Kier alpha value is -2.18. The fourth-order valence-electron chi connectivity index (χ4n) is 2.46. The first kappa shape index (κ1) is 14.7. The molecule has 0 spiro atoms. The molecule has 5 nitrogen and oxygen atoms in total. The molecule has 0 saturated heterocycles. The van der Waals surface area contributed by atoms with Crippen LogP contribution in [-0.4, -0.2) is 28.3 Å². The van der Waals surface area contributed by atoms with E-state index >= 15 is 0 Å². The van der Waals surface area contributed by atoms with Gasteiger partial charge in [0.25, 0.3) is 5.56 Å². The summed E-state index contributed by atoms with van der Waals surface area (Å²) in [6.07, 6.45) is 0. The van der Waals surface area contributed by atoms with Gasteiger partial charge < -0.3 is 10.0 Å². The SMILES string of the molecule is CN(Cc1cccs1)c1nc2ccccc2c(=O)n1CCO. The first-order chi connectivity index (χ1) is 10.7. The average molecular weight is 315 g/mol. The van der Waals surface area contributed by atoms with Gasteiger partial charge in [-0.15, -0.1) is 11.3 Å². The van der Waals surface area contributed by atoms with E-state index in [0.29, 0.717) is 23.4 Å². The lowest BCUT2D eigenvalue weighted by Gasteiger charge is -2.22. The number of aliphatic hydroxyl groups excluding tert-OH is 1. The molecule has 2 heterocycles. The number of para-hydroxylation sites is 1. The van der Waals surface area contributed by atoms with E-state index in [9.17, 15) is 9.90 Å². The van der Waals surface area contributed by atoms with Crippen LogP contribution in [-0.2, 0) is 13.1 Å². The number of nitrogens with zero attached hydrogens (tertiary/aromatic N) is 3. The molecule has 0 radical (unpaired) electrons. The number of benzene rings is 1. The van der Waals surface area contributed by atoms with Crippen molar-refractivity contribution < 1.29 is 5.11 Å². The highest BCUT2D eigenvalue weighted by Crippen LogP contribution is 2.18. The zero-order valence-corrected chi connectivity index (χ0v) is 13.1. The van der Waals surface area contributed by atoms with Crippen LogP contribution in [0.25, 0.3) is 10.9 Å². The van der Waals surface area contributed by atoms with Crippen LogP contribution < -0.4 is 10.5 Å². The van der Waals surface area contributed by atoms with Crippen molar-refractivity contribution in [3.05, 3.63) is 57.0 Å². The van der Waals surface area contributed by atoms with Gasteiger partial charge in [-0.1, -0.05) is 18.2 Å². The second kappa shape index (κ2) is 6.29. The second-order valence-electron chi connectivity index (χ2n) is 5.04. The van der Waals surface area contributed by atoms with Gasteiger partial charge >= 0.3 is 0 Å². The minimum Gasteiger partial charge on any atom is -0.395 e. The van der Waals surface area contributed by atoms with Crippen LogP contribution >= 0.6 is 11.3 Å².